The molecule has 0 saturated carbocycles. The van der Waals surface area contributed by atoms with Crippen LogP contribution in [0.25, 0.3) is 0 Å². The summed E-state index contributed by atoms with van der Waals surface area (Å²) < 4.78 is 0. The van der Waals surface area contributed by atoms with Crippen LogP contribution in [0.15, 0.2) is 54.1 Å². The van der Waals surface area contributed by atoms with Crippen molar-refractivity contribution in [2.75, 3.05) is 19.6 Å². The van der Waals surface area contributed by atoms with E-state index in [1.807, 2.05) is 0 Å². The van der Waals surface area contributed by atoms with E-state index in [0.717, 1.165) is 45.3 Å². The molecule has 1 aromatic rings. The number of hydrogen-bond donors (Lipinski definition) is 1. The highest BCUT2D eigenvalue weighted by Gasteiger charge is 2.42. The van der Waals surface area contributed by atoms with E-state index in [0.29, 0.717) is 23.8 Å². The van der Waals surface area contributed by atoms with Crippen LogP contribution in [-0.4, -0.2) is 36.5 Å². The molecule has 0 spiro atoms. The Balaban J connectivity index is 1.47. The molecule has 2 saturated heterocycles. The van der Waals surface area contributed by atoms with E-state index in [4.69, 9.17) is 0 Å². The molecule has 2 heterocycles. The number of likely N-dealkylation sites (tertiary alicyclic amines) is 1. The average molecular weight is 351 g/mol. The van der Waals surface area contributed by atoms with Gasteiger partial charge in [0.25, 0.3) is 0 Å². The predicted octanol–water partition coefficient (Wildman–Crippen LogP) is 3.58. The standard InChI is InChI=1S/C23H30N2O/c1-17-8-5-6-12-20(17)21-15-24-16-22(21)23(26)25-13-7-11-19(25)14-18-9-3-2-4-10-18/h2-6,8-10,19-22,24H,7,11-16H2,1H3/t19?,20?,21-,22+/m0/s1. The largest absolute Gasteiger partial charge is 0.339 e. The lowest BCUT2D eigenvalue weighted by Crippen LogP contribution is -2.44. The number of carbonyl (C=O) groups excluding carboxylic acids is 1. The van der Waals surface area contributed by atoms with Crippen LogP contribution in [0.2, 0.25) is 0 Å². The fourth-order valence-electron chi connectivity index (χ4n) is 5.10. The summed E-state index contributed by atoms with van der Waals surface area (Å²) in [7, 11) is 0. The van der Waals surface area contributed by atoms with Crippen molar-refractivity contribution in [1.29, 1.82) is 0 Å². The van der Waals surface area contributed by atoms with Crippen molar-refractivity contribution in [3.63, 3.8) is 0 Å². The summed E-state index contributed by atoms with van der Waals surface area (Å²) in [6.07, 6.45) is 11.0. The molecular formula is C23H30N2O. The molecule has 2 aliphatic heterocycles. The number of nitrogens with zero attached hydrogens (tertiary/aromatic N) is 1. The van der Waals surface area contributed by atoms with E-state index < -0.39 is 0 Å². The summed E-state index contributed by atoms with van der Waals surface area (Å²) in [4.78, 5) is 15.7. The zero-order valence-electron chi connectivity index (χ0n) is 15.7. The lowest BCUT2D eigenvalue weighted by Gasteiger charge is -2.33. The number of benzene rings is 1. The third-order valence-corrected chi connectivity index (χ3v) is 6.54. The molecule has 3 heteroatoms. The average Bonchev–Trinajstić information content (AvgIpc) is 3.32. The van der Waals surface area contributed by atoms with Gasteiger partial charge in [-0.2, -0.15) is 0 Å². The van der Waals surface area contributed by atoms with E-state index in [2.05, 4.69) is 65.7 Å². The second kappa shape index (κ2) is 7.79. The van der Waals surface area contributed by atoms with Gasteiger partial charge in [0.05, 0.1) is 5.92 Å². The Bertz CT molecular complexity index is 693. The second-order valence-corrected chi connectivity index (χ2v) is 8.13. The Labute approximate surface area is 157 Å². The van der Waals surface area contributed by atoms with Crippen LogP contribution >= 0.6 is 0 Å². The van der Waals surface area contributed by atoms with Crippen LogP contribution in [0.4, 0.5) is 0 Å². The lowest BCUT2D eigenvalue weighted by atomic mass is 9.76. The second-order valence-electron chi connectivity index (χ2n) is 8.13. The summed E-state index contributed by atoms with van der Waals surface area (Å²) in [6, 6.07) is 11.0. The first-order chi connectivity index (χ1) is 12.7. The fourth-order valence-corrected chi connectivity index (χ4v) is 5.10. The Morgan fingerprint density at radius 2 is 2.08 bits per heavy atom. The highest BCUT2D eigenvalue weighted by atomic mass is 16.2. The maximum atomic E-state index is 13.5. The highest BCUT2D eigenvalue weighted by molar-refractivity contribution is 5.80. The molecule has 0 radical (unpaired) electrons. The Hall–Kier alpha value is -1.87. The molecule has 3 aliphatic rings. The number of hydrogen-bond acceptors (Lipinski definition) is 2. The van der Waals surface area contributed by atoms with Gasteiger partial charge in [0.2, 0.25) is 5.91 Å². The molecule has 2 fully saturated rings. The molecule has 1 aliphatic carbocycles. The molecule has 1 N–H and O–H groups in total. The van der Waals surface area contributed by atoms with Gasteiger partial charge in [-0.15, -0.1) is 0 Å². The third kappa shape index (κ3) is 3.50. The van der Waals surface area contributed by atoms with Crippen molar-refractivity contribution in [1.82, 2.24) is 10.2 Å². The summed E-state index contributed by atoms with van der Waals surface area (Å²) in [5.74, 6) is 1.47. The topological polar surface area (TPSA) is 32.3 Å². The van der Waals surface area contributed by atoms with Crippen molar-refractivity contribution < 1.29 is 4.79 Å². The molecule has 4 atom stereocenters. The van der Waals surface area contributed by atoms with E-state index >= 15 is 0 Å². The third-order valence-electron chi connectivity index (χ3n) is 6.54. The normalized spacial score (nSPS) is 31.3. The first kappa shape index (κ1) is 17.5. The first-order valence-electron chi connectivity index (χ1n) is 10.1. The number of amides is 1. The van der Waals surface area contributed by atoms with Gasteiger partial charge in [-0.3, -0.25) is 4.79 Å². The Kier molecular flexibility index (Phi) is 5.26. The van der Waals surface area contributed by atoms with Crippen LogP contribution < -0.4 is 5.32 Å². The minimum Gasteiger partial charge on any atom is -0.339 e. The molecular weight excluding hydrogens is 320 g/mol. The molecule has 138 valence electrons. The fraction of sp³-hybridized carbons (Fsp3) is 0.522. The molecule has 26 heavy (non-hydrogen) atoms. The lowest BCUT2D eigenvalue weighted by molar-refractivity contribution is -0.137. The molecule has 1 amide bonds. The van der Waals surface area contributed by atoms with Gasteiger partial charge in [-0.25, -0.2) is 0 Å². The quantitative estimate of drug-likeness (QED) is 0.900. The zero-order valence-corrected chi connectivity index (χ0v) is 15.7. The van der Waals surface area contributed by atoms with Crippen LogP contribution in [0.5, 0.6) is 0 Å². The summed E-state index contributed by atoms with van der Waals surface area (Å²) in [5.41, 5.74) is 2.77. The van der Waals surface area contributed by atoms with Crippen LogP contribution in [0.3, 0.4) is 0 Å². The summed E-state index contributed by atoms with van der Waals surface area (Å²) in [5, 5.41) is 3.51. The minimum absolute atomic E-state index is 0.131. The number of nitrogens with one attached hydrogen (secondary N) is 1. The van der Waals surface area contributed by atoms with Gasteiger partial charge < -0.3 is 10.2 Å². The maximum Gasteiger partial charge on any atom is 0.227 e. The number of allylic oxidation sites excluding steroid dienone is 4. The molecule has 0 aromatic heterocycles. The first-order valence-corrected chi connectivity index (χ1v) is 10.1. The van der Waals surface area contributed by atoms with Crippen LogP contribution in [-0.2, 0) is 11.2 Å². The van der Waals surface area contributed by atoms with E-state index in [1.165, 1.54) is 11.1 Å². The van der Waals surface area contributed by atoms with Gasteiger partial charge in [-0.1, -0.05) is 54.1 Å². The number of rotatable bonds is 4. The minimum atomic E-state index is 0.131. The van der Waals surface area contributed by atoms with E-state index in [9.17, 15) is 4.79 Å². The van der Waals surface area contributed by atoms with Crippen molar-refractivity contribution >= 4 is 5.91 Å². The molecule has 0 bridgehead atoms. The van der Waals surface area contributed by atoms with Crippen molar-refractivity contribution in [2.45, 2.75) is 38.6 Å². The van der Waals surface area contributed by atoms with Crippen molar-refractivity contribution in [2.24, 2.45) is 17.8 Å². The smallest absolute Gasteiger partial charge is 0.227 e. The van der Waals surface area contributed by atoms with Crippen molar-refractivity contribution in [3.05, 3.63) is 59.7 Å². The Morgan fingerprint density at radius 3 is 2.88 bits per heavy atom. The SMILES string of the molecule is CC1=CC=CCC1[C@@H]1CNC[C@H]1C(=O)N1CCCC1Cc1ccccc1. The molecule has 3 nitrogen and oxygen atoms in total. The highest BCUT2D eigenvalue weighted by Crippen LogP contribution is 2.36. The van der Waals surface area contributed by atoms with Gasteiger partial charge in [0.15, 0.2) is 0 Å². The van der Waals surface area contributed by atoms with Crippen LogP contribution in [0, 0.1) is 17.8 Å². The Morgan fingerprint density at radius 1 is 1.23 bits per heavy atom. The van der Waals surface area contributed by atoms with Crippen LogP contribution in [0.1, 0.15) is 31.7 Å². The van der Waals surface area contributed by atoms with Crippen molar-refractivity contribution in [3.8, 4) is 0 Å². The number of carbonyl (C=O) groups is 1. The van der Waals surface area contributed by atoms with Gasteiger partial charge in [-0.05, 0) is 56.6 Å². The summed E-state index contributed by atoms with van der Waals surface area (Å²) in [6.45, 7) is 4.96. The predicted molar refractivity (Wildman–Crippen MR) is 106 cm³/mol. The molecule has 2 unspecified atom stereocenters. The maximum absolute atomic E-state index is 13.5. The van der Waals surface area contributed by atoms with E-state index in [-0.39, 0.29) is 5.92 Å². The summed E-state index contributed by atoms with van der Waals surface area (Å²) >= 11 is 0. The van der Waals surface area contributed by atoms with E-state index in [1.54, 1.807) is 0 Å². The van der Waals surface area contributed by atoms with Gasteiger partial charge in [0.1, 0.15) is 0 Å². The zero-order chi connectivity index (χ0) is 17.9. The monoisotopic (exact) mass is 350 g/mol. The van der Waals surface area contributed by atoms with Gasteiger partial charge in [0, 0.05) is 19.1 Å². The molecule has 4 rings (SSSR count). The molecule has 1 aromatic carbocycles. The van der Waals surface area contributed by atoms with Gasteiger partial charge >= 0.3 is 0 Å².